The number of carbonyl (C=O) groups excluding carboxylic acids is 1. The predicted molar refractivity (Wildman–Crippen MR) is 91.4 cm³/mol. The number of aromatic nitrogens is 1. The van der Waals surface area contributed by atoms with E-state index in [-0.39, 0.29) is 23.1 Å². The van der Waals surface area contributed by atoms with Crippen LogP contribution in [0.2, 0.25) is 5.02 Å². The zero-order valence-corrected chi connectivity index (χ0v) is 15.4. The predicted octanol–water partition coefficient (Wildman–Crippen LogP) is 0.198. The maximum absolute atomic E-state index is 13.0. The number of amides is 1. The third-order valence-corrected chi connectivity index (χ3v) is 7.26. The molecule has 0 saturated carbocycles. The number of hydrogen-bond donors (Lipinski definition) is 1. The molecule has 0 radical (unpaired) electrons. The summed E-state index contributed by atoms with van der Waals surface area (Å²) in [5.74, 6) is -0.470. The minimum absolute atomic E-state index is 0.00167. The number of piperazine rings is 1. The third-order valence-electron chi connectivity index (χ3n) is 4.99. The summed E-state index contributed by atoms with van der Waals surface area (Å²) in [6.45, 7) is 4.26. The van der Waals surface area contributed by atoms with Crippen LogP contribution in [-0.2, 0) is 9.84 Å². The van der Waals surface area contributed by atoms with Crippen LogP contribution in [-0.4, -0.2) is 72.8 Å². The molecule has 7 nitrogen and oxygen atoms in total. The molecule has 3 heterocycles. The Balaban J connectivity index is 2.02. The highest BCUT2D eigenvalue weighted by atomic mass is 35.5. The van der Waals surface area contributed by atoms with Crippen molar-refractivity contribution < 1.29 is 13.2 Å². The minimum atomic E-state index is -3.19. The van der Waals surface area contributed by atoms with Crippen LogP contribution in [0.1, 0.15) is 21.6 Å². The van der Waals surface area contributed by atoms with E-state index in [9.17, 15) is 18.0 Å². The number of carbonyl (C=O) groups is 1. The second kappa shape index (κ2) is 5.86. The lowest BCUT2D eigenvalue weighted by atomic mass is 10.0. The number of fused-ring (bicyclic) bond motifs is 1. The van der Waals surface area contributed by atoms with Gasteiger partial charge in [-0.1, -0.05) is 11.6 Å². The number of rotatable bonds is 1. The molecule has 2 fully saturated rings. The Kier molecular flexibility index (Phi) is 4.26. The number of halogens is 1. The zero-order valence-electron chi connectivity index (χ0n) is 13.8. The van der Waals surface area contributed by atoms with Gasteiger partial charge >= 0.3 is 0 Å². The Morgan fingerprint density at radius 1 is 1.21 bits per heavy atom. The molecule has 132 valence electrons. The summed E-state index contributed by atoms with van der Waals surface area (Å²) < 4.78 is 24.1. The minimum Gasteiger partial charge on any atom is -0.332 e. The molecular weight excluding hydrogens is 354 g/mol. The first-order valence-electron chi connectivity index (χ1n) is 7.73. The number of nitrogens with zero attached hydrogens (tertiary/aromatic N) is 2. The van der Waals surface area contributed by atoms with Gasteiger partial charge in [0.05, 0.1) is 22.6 Å². The number of likely N-dealkylation sites (N-methyl/N-ethyl adjacent to an activating group) is 1. The number of aryl methyl sites for hydroxylation is 1. The van der Waals surface area contributed by atoms with Crippen LogP contribution >= 0.6 is 11.6 Å². The van der Waals surface area contributed by atoms with Gasteiger partial charge in [0.2, 0.25) is 0 Å². The largest absolute Gasteiger partial charge is 0.332 e. The van der Waals surface area contributed by atoms with Gasteiger partial charge in [0.1, 0.15) is 5.56 Å². The smallest absolute Gasteiger partial charge is 0.261 e. The van der Waals surface area contributed by atoms with Crippen LogP contribution in [0.25, 0.3) is 0 Å². The molecule has 0 unspecified atom stereocenters. The number of pyridine rings is 1. The Hall–Kier alpha value is -1.38. The molecule has 0 spiro atoms. The fourth-order valence-corrected chi connectivity index (χ4v) is 5.83. The summed E-state index contributed by atoms with van der Waals surface area (Å²) in [6, 6.07) is -0.659. The molecule has 0 aromatic carbocycles. The third kappa shape index (κ3) is 2.76. The second-order valence-corrected chi connectivity index (χ2v) is 9.12. The fraction of sp³-hybridized carbons (Fsp3) is 0.600. The lowest BCUT2D eigenvalue weighted by Gasteiger charge is -2.42. The van der Waals surface area contributed by atoms with E-state index in [1.165, 1.54) is 4.90 Å². The molecule has 1 aromatic rings. The SMILES string of the molecule is Cc1[nH]c(=O)c(C(=O)N2CCN(C)[C@H]3CS(=O)(=O)C[C@H]32)c(C)c1Cl. The Labute approximate surface area is 145 Å². The summed E-state index contributed by atoms with van der Waals surface area (Å²) in [7, 11) is -1.33. The van der Waals surface area contributed by atoms with Gasteiger partial charge in [0.25, 0.3) is 11.5 Å². The molecule has 2 aliphatic rings. The lowest BCUT2D eigenvalue weighted by molar-refractivity contribution is 0.0407. The van der Waals surface area contributed by atoms with Crippen LogP contribution in [0.15, 0.2) is 4.79 Å². The first kappa shape index (κ1) is 17.4. The van der Waals surface area contributed by atoms with E-state index in [4.69, 9.17) is 11.6 Å². The first-order valence-corrected chi connectivity index (χ1v) is 9.93. The molecule has 0 aliphatic carbocycles. The first-order chi connectivity index (χ1) is 11.1. The molecule has 0 bridgehead atoms. The van der Waals surface area contributed by atoms with E-state index in [1.54, 1.807) is 13.8 Å². The summed E-state index contributed by atoms with van der Waals surface area (Å²) in [5.41, 5.74) is 0.448. The highest BCUT2D eigenvalue weighted by Gasteiger charge is 2.47. The summed E-state index contributed by atoms with van der Waals surface area (Å²) in [4.78, 5) is 31.4. The molecule has 9 heteroatoms. The molecular formula is C15H20ClN3O4S. The summed E-state index contributed by atoms with van der Waals surface area (Å²) in [6.07, 6.45) is 0. The number of hydrogen-bond acceptors (Lipinski definition) is 5. The van der Waals surface area contributed by atoms with Crippen molar-refractivity contribution in [3.63, 3.8) is 0 Å². The molecule has 2 atom stereocenters. The van der Waals surface area contributed by atoms with Crippen molar-refractivity contribution >= 4 is 27.3 Å². The quantitative estimate of drug-likeness (QED) is 0.759. The van der Waals surface area contributed by atoms with E-state index >= 15 is 0 Å². The second-order valence-electron chi connectivity index (χ2n) is 6.58. The van der Waals surface area contributed by atoms with Crippen LogP contribution in [0.5, 0.6) is 0 Å². The lowest BCUT2D eigenvalue weighted by Crippen LogP contribution is -2.60. The van der Waals surface area contributed by atoms with Crippen molar-refractivity contribution in [1.82, 2.24) is 14.8 Å². The van der Waals surface area contributed by atoms with Crippen molar-refractivity contribution in [3.8, 4) is 0 Å². The van der Waals surface area contributed by atoms with Gasteiger partial charge in [0, 0.05) is 24.8 Å². The van der Waals surface area contributed by atoms with E-state index in [0.29, 0.717) is 29.4 Å². The summed E-state index contributed by atoms with van der Waals surface area (Å²) in [5, 5.41) is 0.350. The van der Waals surface area contributed by atoms with Crippen molar-refractivity contribution in [2.24, 2.45) is 0 Å². The molecule has 3 rings (SSSR count). The number of aromatic amines is 1. The van der Waals surface area contributed by atoms with Crippen LogP contribution in [0.4, 0.5) is 0 Å². The molecule has 2 aliphatic heterocycles. The molecule has 1 aromatic heterocycles. The van der Waals surface area contributed by atoms with Gasteiger partial charge in [-0.25, -0.2) is 8.42 Å². The Bertz CT molecular complexity index is 864. The normalized spacial score (nSPS) is 26.4. The average molecular weight is 374 g/mol. The van der Waals surface area contributed by atoms with Gasteiger partial charge in [0.15, 0.2) is 9.84 Å². The topological polar surface area (TPSA) is 90.6 Å². The van der Waals surface area contributed by atoms with E-state index in [1.807, 2.05) is 11.9 Å². The van der Waals surface area contributed by atoms with E-state index in [0.717, 1.165) is 0 Å². The van der Waals surface area contributed by atoms with Crippen molar-refractivity contribution in [3.05, 3.63) is 32.2 Å². The zero-order chi connectivity index (χ0) is 17.8. The highest BCUT2D eigenvalue weighted by molar-refractivity contribution is 7.91. The average Bonchev–Trinajstić information content (AvgIpc) is 2.81. The molecule has 2 saturated heterocycles. The fourth-order valence-electron chi connectivity index (χ4n) is 3.63. The van der Waals surface area contributed by atoms with Gasteiger partial charge in [-0.05, 0) is 26.5 Å². The van der Waals surface area contributed by atoms with Gasteiger partial charge in [-0.2, -0.15) is 0 Å². The van der Waals surface area contributed by atoms with Crippen molar-refractivity contribution in [2.45, 2.75) is 25.9 Å². The van der Waals surface area contributed by atoms with Gasteiger partial charge in [-0.15, -0.1) is 0 Å². The Morgan fingerprint density at radius 3 is 2.50 bits per heavy atom. The van der Waals surface area contributed by atoms with Crippen molar-refractivity contribution in [2.75, 3.05) is 31.6 Å². The number of nitrogens with one attached hydrogen (secondary N) is 1. The van der Waals surface area contributed by atoms with E-state index in [2.05, 4.69) is 4.98 Å². The van der Waals surface area contributed by atoms with Gasteiger partial charge < -0.3 is 9.88 Å². The monoisotopic (exact) mass is 373 g/mol. The maximum Gasteiger partial charge on any atom is 0.261 e. The maximum atomic E-state index is 13.0. The summed E-state index contributed by atoms with van der Waals surface area (Å²) >= 11 is 6.17. The molecule has 24 heavy (non-hydrogen) atoms. The van der Waals surface area contributed by atoms with Crippen LogP contribution < -0.4 is 5.56 Å². The highest BCUT2D eigenvalue weighted by Crippen LogP contribution is 2.28. The van der Waals surface area contributed by atoms with E-state index < -0.39 is 27.3 Å². The van der Waals surface area contributed by atoms with Gasteiger partial charge in [-0.3, -0.25) is 14.5 Å². The number of sulfone groups is 1. The van der Waals surface area contributed by atoms with Crippen LogP contribution in [0, 0.1) is 13.8 Å². The standard InChI is InChI=1S/C15H20ClN3O4S/c1-8-12(14(20)17-9(2)13(8)16)15(21)19-5-4-18(3)10-6-24(22,23)7-11(10)19/h10-11H,4-7H2,1-3H3,(H,17,20)/t10-,11+/m0/s1. The number of H-pyrrole nitrogens is 1. The van der Waals surface area contributed by atoms with Crippen molar-refractivity contribution in [1.29, 1.82) is 0 Å². The Morgan fingerprint density at radius 2 is 1.83 bits per heavy atom. The molecule has 1 amide bonds. The van der Waals surface area contributed by atoms with Crippen LogP contribution in [0.3, 0.4) is 0 Å². The molecule has 1 N–H and O–H groups in total.